The predicted octanol–water partition coefficient (Wildman–Crippen LogP) is 3.89. The lowest BCUT2D eigenvalue weighted by Gasteiger charge is -2.36. The van der Waals surface area contributed by atoms with E-state index in [0.717, 1.165) is 12.1 Å². The van der Waals surface area contributed by atoms with Crippen LogP contribution in [0.4, 0.5) is 5.69 Å². The van der Waals surface area contributed by atoms with E-state index in [0.29, 0.717) is 36.7 Å². The minimum Gasteiger partial charge on any atom is -0.491 e. The average Bonchev–Trinajstić information content (AvgIpc) is 2.94. The minimum atomic E-state index is -3.81. The van der Waals surface area contributed by atoms with Crippen LogP contribution < -0.4 is 9.46 Å². The maximum Gasteiger partial charge on any atom is 0.261 e. The van der Waals surface area contributed by atoms with Crippen molar-refractivity contribution < 1.29 is 22.7 Å². The number of sulfonamides is 1. The number of methoxy groups -OCH3 is 1. The molecule has 3 atom stereocenters. The Balaban J connectivity index is 1.66. The van der Waals surface area contributed by atoms with E-state index in [1.54, 1.807) is 61.7 Å². The van der Waals surface area contributed by atoms with Gasteiger partial charge in [-0.3, -0.25) is 19.4 Å². The molecule has 39 heavy (non-hydrogen) atoms. The molecule has 2 aromatic carbocycles. The molecule has 0 aliphatic carbocycles. The van der Waals surface area contributed by atoms with Crippen molar-refractivity contribution in [2.75, 3.05) is 38.6 Å². The smallest absolute Gasteiger partial charge is 0.261 e. The molecule has 9 nitrogen and oxygen atoms in total. The van der Waals surface area contributed by atoms with Gasteiger partial charge in [-0.1, -0.05) is 31.2 Å². The summed E-state index contributed by atoms with van der Waals surface area (Å²) in [5.41, 5.74) is 1.75. The first-order chi connectivity index (χ1) is 18.7. The second kappa shape index (κ2) is 12.6. The molecule has 1 N–H and O–H groups in total. The lowest BCUT2D eigenvalue weighted by atomic mass is 10.0. The van der Waals surface area contributed by atoms with Gasteiger partial charge in [0, 0.05) is 58.3 Å². The topological polar surface area (TPSA) is 101 Å². The Morgan fingerprint density at radius 3 is 2.54 bits per heavy atom. The zero-order valence-electron chi connectivity index (χ0n) is 22.8. The van der Waals surface area contributed by atoms with E-state index < -0.39 is 10.0 Å². The summed E-state index contributed by atoms with van der Waals surface area (Å²) in [5, 5.41) is 0. The first-order valence-electron chi connectivity index (χ1n) is 12.9. The SMILES string of the molecule is CO[C@@H]1CN(C)C(=O)c2ccc(NS(=O)(=O)c3ccccc3)cc2OC[C@H](C)N(Cc2cccnc2)C[C@@H]1C. The summed E-state index contributed by atoms with van der Waals surface area (Å²) in [7, 11) is -0.403. The standard InChI is InChI=1S/C29H36N4O5S/c1-21-17-33(18-23-9-8-14-30-16-23)22(2)20-38-27-15-24(31-39(35,36)25-10-6-5-7-11-25)12-13-26(27)29(34)32(3)19-28(21)37-4/h5-16,21-22,28,31H,17-20H2,1-4H3/t21-,22-,28+/m0/s1. The molecule has 10 heteroatoms. The molecule has 0 bridgehead atoms. The highest BCUT2D eigenvalue weighted by Crippen LogP contribution is 2.28. The highest BCUT2D eigenvalue weighted by atomic mass is 32.2. The van der Waals surface area contributed by atoms with Crippen LogP contribution >= 0.6 is 0 Å². The molecule has 0 radical (unpaired) electrons. The molecule has 0 spiro atoms. The number of carbonyl (C=O) groups is 1. The summed E-state index contributed by atoms with van der Waals surface area (Å²) in [6.07, 6.45) is 3.43. The van der Waals surface area contributed by atoms with Crippen molar-refractivity contribution in [3.05, 3.63) is 84.2 Å². The molecular weight excluding hydrogens is 516 g/mol. The lowest BCUT2D eigenvalue weighted by molar-refractivity contribution is 0.00920. The van der Waals surface area contributed by atoms with Gasteiger partial charge in [0.1, 0.15) is 12.4 Å². The second-order valence-corrected chi connectivity index (χ2v) is 11.7. The van der Waals surface area contributed by atoms with Crippen LogP contribution in [-0.2, 0) is 21.3 Å². The third-order valence-corrected chi connectivity index (χ3v) is 8.39. The lowest BCUT2D eigenvalue weighted by Crippen LogP contribution is -2.46. The van der Waals surface area contributed by atoms with E-state index in [1.807, 2.05) is 18.3 Å². The molecule has 2 heterocycles. The third-order valence-electron chi connectivity index (χ3n) is 6.99. The Labute approximate surface area is 230 Å². The molecule has 208 valence electrons. The third kappa shape index (κ3) is 7.14. The number of pyridine rings is 1. The number of likely N-dealkylation sites (N-methyl/N-ethyl adjacent to an activating group) is 1. The van der Waals surface area contributed by atoms with Crippen LogP contribution in [0.3, 0.4) is 0 Å². The number of hydrogen-bond acceptors (Lipinski definition) is 7. The molecule has 1 amide bonds. The van der Waals surface area contributed by atoms with E-state index in [9.17, 15) is 13.2 Å². The van der Waals surface area contributed by atoms with Crippen molar-refractivity contribution in [3.8, 4) is 5.75 Å². The van der Waals surface area contributed by atoms with Gasteiger partial charge in [-0.2, -0.15) is 0 Å². The number of ether oxygens (including phenoxy) is 2. The summed E-state index contributed by atoms with van der Waals surface area (Å²) in [6.45, 7) is 6.30. The van der Waals surface area contributed by atoms with Gasteiger partial charge >= 0.3 is 0 Å². The molecule has 1 aliphatic heterocycles. The fraction of sp³-hybridized carbons (Fsp3) is 0.379. The number of aromatic nitrogens is 1. The van der Waals surface area contributed by atoms with Gasteiger partial charge in [0.25, 0.3) is 15.9 Å². The summed E-state index contributed by atoms with van der Waals surface area (Å²) >= 11 is 0. The molecule has 0 saturated heterocycles. The molecule has 0 saturated carbocycles. The van der Waals surface area contributed by atoms with Crippen LogP contribution in [0.2, 0.25) is 0 Å². The van der Waals surface area contributed by atoms with Gasteiger partial charge in [-0.05, 0) is 48.7 Å². The number of nitrogens with zero attached hydrogens (tertiary/aromatic N) is 3. The number of benzene rings is 2. The van der Waals surface area contributed by atoms with Crippen molar-refractivity contribution >= 4 is 21.6 Å². The summed E-state index contributed by atoms with van der Waals surface area (Å²) in [5.74, 6) is 0.228. The largest absolute Gasteiger partial charge is 0.491 e. The van der Waals surface area contributed by atoms with E-state index in [1.165, 1.54) is 12.1 Å². The fourth-order valence-corrected chi connectivity index (χ4v) is 5.74. The summed E-state index contributed by atoms with van der Waals surface area (Å²) < 4.78 is 40.5. The van der Waals surface area contributed by atoms with Crippen LogP contribution in [0.5, 0.6) is 5.75 Å². The normalized spacial score (nSPS) is 21.3. The van der Waals surface area contributed by atoms with Crippen molar-refractivity contribution in [1.29, 1.82) is 0 Å². The average molecular weight is 553 g/mol. The zero-order chi connectivity index (χ0) is 28.0. The van der Waals surface area contributed by atoms with E-state index in [4.69, 9.17) is 9.47 Å². The van der Waals surface area contributed by atoms with Gasteiger partial charge in [-0.15, -0.1) is 0 Å². The Kier molecular flexibility index (Phi) is 9.21. The first-order valence-corrected chi connectivity index (χ1v) is 14.4. The van der Waals surface area contributed by atoms with Crippen LogP contribution in [0.1, 0.15) is 29.8 Å². The van der Waals surface area contributed by atoms with Crippen LogP contribution in [-0.4, -0.2) is 75.1 Å². The number of anilines is 1. The van der Waals surface area contributed by atoms with Crippen LogP contribution in [0, 0.1) is 5.92 Å². The minimum absolute atomic E-state index is 0.0186. The van der Waals surface area contributed by atoms with Crippen molar-refractivity contribution in [2.45, 2.75) is 37.4 Å². The number of nitrogens with one attached hydrogen (secondary N) is 1. The van der Waals surface area contributed by atoms with E-state index in [2.05, 4.69) is 28.5 Å². The maximum atomic E-state index is 13.5. The summed E-state index contributed by atoms with van der Waals surface area (Å²) in [4.78, 5) is 21.8. The monoisotopic (exact) mass is 552 g/mol. The Morgan fingerprint density at radius 1 is 1.08 bits per heavy atom. The Hall–Kier alpha value is -3.47. The molecule has 1 aromatic heterocycles. The van der Waals surface area contributed by atoms with Crippen molar-refractivity contribution in [3.63, 3.8) is 0 Å². The quantitative estimate of drug-likeness (QED) is 0.495. The first kappa shape index (κ1) is 28.5. The fourth-order valence-electron chi connectivity index (χ4n) is 4.67. The van der Waals surface area contributed by atoms with Gasteiger partial charge in [0.2, 0.25) is 0 Å². The number of fused-ring (bicyclic) bond motifs is 1. The number of hydrogen-bond donors (Lipinski definition) is 1. The Bertz CT molecular complexity index is 1350. The number of carbonyl (C=O) groups excluding carboxylic acids is 1. The number of amides is 1. The Morgan fingerprint density at radius 2 is 1.85 bits per heavy atom. The molecule has 0 fully saturated rings. The van der Waals surface area contributed by atoms with Crippen molar-refractivity contribution in [2.24, 2.45) is 5.92 Å². The van der Waals surface area contributed by atoms with Crippen LogP contribution in [0.25, 0.3) is 0 Å². The molecule has 4 rings (SSSR count). The van der Waals surface area contributed by atoms with Crippen LogP contribution in [0.15, 0.2) is 78.0 Å². The van der Waals surface area contributed by atoms with Gasteiger partial charge in [0.15, 0.2) is 0 Å². The van der Waals surface area contributed by atoms with E-state index in [-0.39, 0.29) is 28.9 Å². The summed E-state index contributed by atoms with van der Waals surface area (Å²) in [6, 6.07) is 16.8. The molecule has 3 aromatic rings. The molecule has 1 aliphatic rings. The highest BCUT2D eigenvalue weighted by molar-refractivity contribution is 7.92. The number of rotatable bonds is 6. The van der Waals surface area contributed by atoms with Gasteiger partial charge in [0.05, 0.1) is 22.3 Å². The zero-order valence-corrected chi connectivity index (χ0v) is 23.6. The van der Waals surface area contributed by atoms with E-state index >= 15 is 0 Å². The highest BCUT2D eigenvalue weighted by Gasteiger charge is 2.29. The molecule has 0 unspecified atom stereocenters. The maximum absolute atomic E-state index is 13.5. The second-order valence-electron chi connectivity index (χ2n) is 10.0. The van der Waals surface area contributed by atoms with Crippen molar-refractivity contribution in [1.82, 2.24) is 14.8 Å². The molecular formula is C29H36N4O5S. The van der Waals surface area contributed by atoms with Gasteiger partial charge < -0.3 is 14.4 Å². The predicted molar refractivity (Wildman–Crippen MR) is 150 cm³/mol. The van der Waals surface area contributed by atoms with Gasteiger partial charge in [-0.25, -0.2) is 8.42 Å².